The molecule has 5 aromatic carbocycles. The molecule has 0 aliphatic heterocycles. The highest BCUT2D eigenvalue weighted by atomic mass is 15.1. The number of imidazole rings is 2. The number of nitrogens with zero attached hydrogens (tertiary/aromatic N) is 6. The van der Waals surface area contributed by atoms with Gasteiger partial charge in [-0.25, -0.2) is 15.0 Å². The number of hydrogen-bond donors (Lipinski definition) is 0. The summed E-state index contributed by atoms with van der Waals surface area (Å²) < 4.78 is 6.75. The topological polar surface area (TPSA) is 52.4 Å². The van der Waals surface area contributed by atoms with Gasteiger partial charge in [0.1, 0.15) is 5.65 Å². The Morgan fingerprint density at radius 2 is 0.953 bits per heavy atom. The normalized spacial score (nSPS) is 12.2. The quantitative estimate of drug-likeness (QED) is 0.206. The molecule has 0 N–H and O–H groups in total. The van der Waals surface area contributed by atoms with Gasteiger partial charge in [-0.2, -0.15) is 0 Å². The van der Waals surface area contributed by atoms with Gasteiger partial charge in [0.25, 0.3) is 0 Å². The van der Waals surface area contributed by atoms with Crippen LogP contribution in [0.3, 0.4) is 0 Å². The van der Waals surface area contributed by atoms with Gasteiger partial charge in [0.15, 0.2) is 11.3 Å². The highest BCUT2D eigenvalue weighted by Crippen LogP contribution is 2.34. The van der Waals surface area contributed by atoms with Crippen LogP contribution in [0.5, 0.6) is 0 Å². The van der Waals surface area contributed by atoms with Crippen molar-refractivity contribution in [3.05, 3.63) is 134 Å². The first-order valence-electron chi connectivity index (χ1n) is 14.4. The maximum Gasteiger partial charge on any atom is 0.183 e. The molecule has 0 aliphatic carbocycles. The summed E-state index contributed by atoms with van der Waals surface area (Å²) in [6, 6.07) is 44.7. The molecule has 0 radical (unpaired) electrons. The maximum absolute atomic E-state index is 5.33. The summed E-state index contributed by atoms with van der Waals surface area (Å²) in [7, 11) is 0. The van der Waals surface area contributed by atoms with Gasteiger partial charge in [-0.3, -0.25) is 8.80 Å². The number of benzene rings is 5. The fraction of sp³-hybridized carbons (Fsp3) is 0. The first-order valence-corrected chi connectivity index (χ1v) is 14.4. The molecule has 10 rings (SSSR count). The molecular formula is C37H22N6. The standard InChI is InChI=1S/C37H22N6/c1-5-15-30-24(10-1)25-11-2-6-16-31(25)41(30)23-19-20-34-29(22-23)40-36-37-39-28-14-4-8-18-33(28)43(37)35-27(13-9-21-38-35)26-12-3-7-17-32(26)42(34)36/h1-22H. The second-order valence-electron chi connectivity index (χ2n) is 11.0. The van der Waals surface area contributed by atoms with Gasteiger partial charge in [-0.1, -0.05) is 66.7 Å². The Bertz CT molecular complexity index is 2740. The summed E-state index contributed by atoms with van der Waals surface area (Å²) >= 11 is 0. The smallest absolute Gasteiger partial charge is 0.183 e. The lowest BCUT2D eigenvalue weighted by atomic mass is 10.1. The van der Waals surface area contributed by atoms with Crippen LogP contribution in [0.15, 0.2) is 134 Å². The molecule has 0 spiro atoms. The fourth-order valence-corrected chi connectivity index (χ4v) is 6.87. The van der Waals surface area contributed by atoms with Crippen molar-refractivity contribution < 1.29 is 0 Å². The molecule has 5 heterocycles. The first kappa shape index (κ1) is 22.7. The van der Waals surface area contributed by atoms with E-state index in [2.05, 4.69) is 123 Å². The molecule has 5 aromatic heterocycles. The lowest BCUT2D eigenvalue weighted by molar-refractivity contribution is 1.18. The minimum absolute atomic E-state index is 0.769. The number of para-hydroxylation sites is 5. The van der Waals surface area contributed by atoms with E-state index < -0.39 is 0 Å². The Labute approximate surface area is 244 Å². The number of pyridine rings is 1. The third kappa shape index (κ3) is 2.99. The molecule has 0 saturated heterocycles. The molecule has 0 unspecified atom stereocenters. The largest absolute Gasteiger partial charge is 0.309 e. The predicted molar refractivity (Wildman–Crippen MR) is 175 cm³/mol. The molecular weight excluding hydrogens is 528 g/mol. The van der Waals surface area contributed by atoms with Crippen molar-refractivity contribution in [2.75, 3.05) is 0 Å². The molecule has 0 aliphatic rings. The summed E-state index contributed by atoms with van der Waals surface area (Å²) in [6.45, 7) is 0. The van der Waals surface area contributed by atoms with E-state index >= 15 is 0 Å². The Morgan fingerprint density at radius 1 is 0.395 bits per heavy atom. The zero-order chi connectivity index (χ0) is 28.1. The van der Waals surface area contributed by atoms with Gasteiger partial charge in [0.2, 0.25) is 0 Å². The Morgan fingerprint density at radius 3 is 1.72 bits per heavy atom. The highest BCUT2D eigenvalue weighted by molar-refractivity contribution is 6.10. The third-order valence-corrected chi connectivity index (χ3v) is 8.67. The maximum atomic E-state index is 5.33. The third-order valence-electron chi connectivity index (χ3n) is 8.67. The van der Waals surface area contributed by atoms with Gasteiger partial charge in [-0.15, -0.1) is 0 Å². The van der Waals surface area contributed by atoms with Crippen molar-refractivity contribution in [2.24, 2.45) is 0 Å². The zero-order valence-corrected chi connectivity index (χ0v) is 22.9. The molecule has 43 heavy (non-hydrogen) atoms. The van der Waals surface area contributed by atoms with E-state index in [1.165, 1.54) is 21.8 Å². The summed E-state index contributed by atoms with van der Waals surface area (Å²) in [6.07, 6.45) is 1.85. The van der Waals surface area contributed by atoms with E-state index in [9.17, 15) is 0 Å². The average molecular weight is 551 g/mol. The molecule has 0 saturated carbocycles. The minimum atomic E-state index is 0.769. The molecule has 200 valence electrons. The van der Waals surface area contributed by atoms with Gasteiger partial charge in [0.05, 0.1) is 38.6 Å². The van der Waals surface area contributed by atoms with E-state index in [0.717, 1.165) is 61.0 Å². The van der Waals surface area contributed by atoms with E-state index in [1.807, 2.05) is 24.4 Å². The molecule has 10 aromatic rings. The van der Waals surface area contributed by atoms with Gasteiger partial charge in [0, 0.05) is 33.4 Å². The van der Waals surface area contributed by atoms with Crippen LogP contribution in [-0.4, -0.2) is 28.3 Å². The number of rotatable bonds is 1. The molecule has 0 atom stereocenters. The van der Waals surface area contributed by atoms with Gasteiger partial charge < -0.3 is 4.57 Å². The Hall–Kier alpha value is -6.01. The summed E-state index contributed by atoms with van der Waals surface area (Å²) in [5, 5.41) is 4.63. The van der Waals surface area contributed by atoms with Crippen LogP contribution in [0.25, 0.3) is 82.8 Å². The summed E-state index contributed by atoms with van der Waals surface area (Å²) in [5.74, 6) is 0. The van der Waals surface area contributed by atoms with Crippen molar-refractivity contribution in [1.82, 2.24) is 28.3 Å². The minimum Gasteiger partial charge on any atom is -0.309 e. The monoisotopic (exact) mass is 550 g/mol. The van der Waals surface area contributed by atoms with Crippen molar-refractivity contribution in [3.8, 4) is 5.69 Å². The summed E-state index contributed by atoms with van der Waals surface area (Å²) in [5.41, 5.74) is 10.7. The lowest BCUT2D eigenvalue weighted by Gasteiger charge is -2.09. The second kappa shape index (κ2) is 8.27. The van der Waals surface area contributed by atoms with E-state index in [4.69, 9.17) is 15.0 Å². The SMILES string of the molecule is c1ccc2c(c1)nc1c3nc4cc(-n5c6ccccc6c6ccccc65)ccc4n3c3ccccc3c3cccnc3n21. The Balaban J connectivity index is 1.42. The number of hydrogen-bond acceptors (Lipinski definition) is 3. The van der Waals surface area contributed by atoms with E-state index in [1.54, 1.807) is 0 Å². The molecule has 6 heteroatoms. The summed E-state index contributed by atoms with van der Waals surface area (Å²) in [4.78, 5) is 15.4. The van der Waals surface area contributed by atoms with Crippen LogP contribution in [-0.2, 0) is 0 Å². The average Bonchev–Trinajstić information content (AvgIpc) is 3.73. The zero-order valence-electron chi connectivity index (χ0n) is 22.9. The van der Waals surface area contributed by atoms with Crippen LogP contribution in [0.1, 0.15) is 0 Å². The Kier molecular flexibility index (Phi) is 4.36. The number of fused-ring (bicyclic) bond motifs is 15. The van der Waals surface area contributed by atoms with Crippen LogP contribution in [0.4, 0.5) is 0 Å². The van der Waals surface area contributed by atoms with E-state index in [0.29, 0.717) is 0 Å². The molecule has 6 nitrogen and oxygen atoms in total. The molecule has 0 amide bonds. The van der Waals surface area contributed by atoms with Crippen molar-refractivity contribution in [1.29, 1.82) is 0 Å². The van der Waals surface area contributed by atoms with Crippen LogP contribution in [0, 0.1) is 0 Å². The predicted octanol–water partition coefficient (Wildman–Crippen LogP) is 8.65. The van der Waals surface area contributed by atoms with Gasteiger partial charge >= 0.3 is 0 Å². The van der Waals surface area contributed by atoms with Crippen LogP contribution >= 0.6 is 0 Å². The van der Waals surface area contributed by atoms with Gasteiger partial charge in [-0.05, 0) is 60.7 Å². The molecule has 0 bridgehead atoms. The van der Waals surface area contributed by atoms with Crippen molar-refractivity contribution >= 4 is 77.1 Å². The first-order chi connectivity index (χ1) is 21.3. The van der Waals surface area contributed by atoms with Crippen molar-refractivity contribution in [2.45, 2.75) is 0 Å². The van der Waals surface area contributed by atoms with Crippen molar-refractivity contribution in [3.63, 3.8) is 0 Å². The fourth-order valence-electron chi connectivity index (χ4n) is 6.87. The van der Waals surface area contributed by atoms with Crippen LogP contribution in [0.2, 0.25) is 0 Å². The second-order valence-corrected chi connectivity index (χ2v) is 11.0. The highest BCUT2D eigenvalue weighted by Gasteiger charge is 2.18. The number of aromatic nitrogens is 6. The lowest BCUT2D eigenvalue weighted by Crippen LogP contribution is -1.96. The van der Waals surface area contributed by atoms with E-state index in [-0.39, 0.29) is 0 Å². The molecule has 0 fully saturated rings. The van der Waals surface area contributed by atoms with Crippen LogP contribution < -0.4 is 0 Å².